The third-order valence-electron chi connectivity index (χ3n) is 3.06. The van der Waals surface area contributed by atoms with E-state index in [0.29, 0.717) is 5.69 Å². The summed E-state index contributed by atoms with van der Waals surface area (Å²) >= 11 is 1.14. The fourth-order valence-corrected chi connectivity index (χ4v) is 4.37. The van der Waals surface area contributed by atoms with Crippen molar-refractivity contribution in [1.82, 2.24) is 4.31 Å². The number of hydrogen-bond acceptors (Lipinski definition) is 4. The van der Waals surface area contributed by atoms with Gasteiger partial charge in [-0.3, -0.25) is 0 Å². The van der Waals surface area contributed by atoms with E-state index in [1.165, 1.54) is 10.4 Å². The highest BCUT2D eigenvalue weighted by atomic mass is 32.2. The lowest BCUT2D eigenvalue weighted by atomic mass is 10.1. The van der Waals surface area contributed by atoms with Crippen molar-refractivity contribution in [3.63, 3.8) is 0 Å². The normalized spacial score (nSPS) is 13.6. The van der Waals surface area contributed by atoms with Gasteiger partial charge in [0.15, 0.2) is 0 Å². The van der Waals surface area contributed by atoms with Gasteiger partial charge in [0, 0.05) is 24.2 Å². The molecule has 19 heavy (non-hydrogen) atoms. The van der Waals surface area contributed by atoms with Gasteiger partial charge in [0.05, 0.1) is 0 Å². The first-order chi connectivity index (χ1) is 8.93. The first-order valence-electron chi connectivity index (χ1n) is 5.80. The van der Waals surface area contributed by atoms with Crippen LogP contribution in [0.25, 0.3) is 0 Å². The van der Waals surface area contributed by atoms with Gasteiger partial charge in [-0.2, -0.15) is 4.31 Å². The molecule has 0 fully saturated rings. The summed E-state index contributed by atoms with van der Waals surface area (Å²) in [5.74, 6) is 0. The molecule has 0 saturated heterocycles. The second kappa shape index (κ2) is 5.32. The third-order valence-corrected chi connectivity index (χ3v) is 6.42. The molecule has 2 aromatic rings. The molecule has 1 atom stereocenters. The number of nitrogens with zero attached hydrogens (tertiary/aromatic N) is 1. The van der Waals surface area contributed by atoms with Gasteiger partial charge in [0.25, 0.3) is 10.0 Å². The number of sulfonamides is 1. The minimum Gasteiger partial charge on any atom is -0.398 e. The van der Waals surface area contributed by atoms with Crippen LogP contribution in [0.3, 0.4) is 0 Å². The van der Waals surface area contributed by atoms with Crippen LogP contribution in [0.5, 0.6) is 0 Å². The van der Waals surface area contributed by atoms with Crippen molar-refractivity contribution in [3.8, 4) is 0 Å². The molecule has 0 bridgehead atoms. The molecular formula is C13H16N2O2S2. The highest BCUT2D eigenvalue weighted by molar-refractivity contribution is 7.91. The maximum absolute atomic E-state index is 12.4. The smallest absolute Gasteiger partial charge is 0.252 e. The van der Waals surface area contributed by atoms with E-state index in [2.05, 4.69) is 0 Å². The molecule has 1 aromatic carbocycles. The number of anilines is 1. The molecule has 102 valence electrons. The van der Waals surface area contributed by atoms with E-state index in [-0.39, 0.29) is 10.3 Å². The van der Waals surface area contributed by atoms with Gasteiger partial charge in [0.2, 0.25) is 0 Å². The van der Waals surface area contributed by atoms with Crippen molar-refractivity contribution in [1.29, 1.82) is 0 Å². The maximum Gasteiger partial charge on any atom is 0.252 e. The van der Waals surface area contributed by atoms with E-state index in [4.69, 9.17) is 5.73 Å². The van der Waals surface area contributed by atoms with Gasteiger partial charge in [0.1, 0.15) is 4.21 Å². The fourth-order valence-electron chi connectivity index (χ4n) is 1.76. The number of hydrogen-bond donors (Lipinski definition) is 1. The zero-order valence-electron chi connectivity index (χ0n) is 10.8. The molecule has 2 rings (SSSR count). The molecule has 6 heteroatoms. The van der Waals surface area contributed by atoms with E-state index in [9.17, 15) is 8.42 Å². The van der Waals surface area contributed by atoms with Gasteiger partial charge < -0.3 is 5.73 Å². The topological polar surface area (TPSA) is 63.4 Å². The van der Waals surface area contributed by atoms with Crippen molar-refractivity contribution in [2.75, 3.05) is 12.8 Å². The van der Waals surface area contributed by atoms with Gasteiger partial charge in [-0.15, -0.1) is 11.3 Å². The van der Waals surface area contributed by atoms with Gasteiger partial charge in [-0.1, -0.05) is 30.3 Å². The molecule has 0 aliphatic heterocycles. The molecule has 0 saturated carbocycles. The predicted octanol–water partition coefficient (Wildman–Crippen LogP) is 2.71. The predicted molar refractivity (Wildman–Crippen MR) is 78.5 cm³/mol. The Morgan fingerprint density at radius 3 is 2.42 bits per heavy atom. The van der Waals surface area contributed by atoms with Crippen LogP contribution in [0.1, 0.15) is 18.5 Å². The largest absolute Gasteiger partial charge is 0.398 e. The summed E-state index contributed by atoms with van der Waals surface area (Å²) in [6, 6.07) is 10.8. The summed E-state index contributed by atoms with van der Waals surface area (Å²) in [6.07, 6.45) is 0. The van der Waals surface area contributed by atoms with Crippen LogP contribution in [0.4, 0.5) is 5.69 Å². The Hall–Kier alpha value is -1.37. The SMILES string of the molecule is CC(c1ccccc1)N(C)S(=O)(=O)c1cc(N)cs1. The average molecular weight is 296 g/mol. The van der Waals surface area contributed by atoms with Crippen LogP contribution in [-0.2, 0) is 10.0 Å². The summed E-state index contributed by atoms with van der Waals surface area (Å²) in [7, 11) is -1.91. The van der Waals surface area contributed by atoms with Crippen molar-refractivity contribution in [2.24, 2.45) is 0 Å². The van der Waals surface area contributed by atoms with Crippen LogP contribution in [0.15, 0.2) is 46.0 Å². The summed E-state index contributed by atoms with van der Waals surface area (Å²) < 4.78 is 26.5. The molecule has 0 aliphatic rings. The molecule has 0 spiro atoms. The average Bonchev–Trinajstić information content (AvgIpc) is 2.85. The first kappa shape index (κ1) is 14.0. The number of thiophene rings is 1. The Kier molecular flexibility index (Phi) is 3.93. The molecule has 0 radical (unpaired) electrons. The molecule has 1 aromatic heterocycles. The zero-order chi connectivity index (χ0) is 14.0. The Labute approximate surface area is 117 Å². The fraction of sp³-hybridized carbons (Fsp3) is 0.231. The first-order valence-corrected chi connectivity index (χ1v) is 8.12. The monoisotopic (exact) mass is 296 g/mol. The molecule has 1 unspecified atom stereocenters. The zero-order valence-corrected chi connectivity index (χ0v) is 12.4. The number of rotatable bonds is 4. The number of nitrogens with two attached hydrogens (primary N) is 1. The summed E-state index contributed by atoms with van der Waals surface area (Å²) in [5.41, 5.74) is 7.02. The van der Waals surface area contributed by atoms with Crippen molar-refractivity contribution in [3.05, 3.63) is 47.3 Å². The Morgan fingerprint density at radius 2 is 1.89 bits per heavy atom. The summed E-state index contributed by atoms with van der Waals surface area (Å²) in [4.78, 5) is 0. The van der Waals surface area contributed by atoms with E-state index in [1.807, 2.05) is 37.3 Å². The second-order valence-corrected chi connectivity index (χ2v) is 7.44. The molecule has 2 N–H and O–H groups in total. The maximum atomic E-state index is 12.4. The van der Waals surface area contributed by atoms with E-state index in [1.54, 1.807) is 12.4 Å². The minimum atomic E-state index is -3.49. The standard InChI is InChI=1S/C13H16N2O2S2/c1-10(11-6-4-3-5-7-11)15(2)19(16,17)13-8-12(14)9-18-13/h3-10H,14H2,1-2H3. The van der Waals surface area contributed by atoms with Gasteiger partial charge in [-0.05, 0) is 18.6 Å². The van der Waals surface area contributed by atoms with Crippen molar-refractivity contribution in [2.45, 2.75) is 17.2 Å². The van der Waals surface area contributed by atoms with Gasteiger partial charge in [-0.25, -0.2) is 8.42 Å². The van der Waals surface area contributed by atoms with E-state index < -0.39 is 10.0 Å². The summed E-state index contributed by atoms with van der Waals surface area (Å²) in [6.45, 7) is 1.86. The van der Waals surface area contributed by atoms with Gasteiger partial charge >= 0.3 is 0 Å². The minimum absolute atomic E-state index is 0.227. The van der Waals surface area contributed by atoms with Crippen molar-refractivity contribution < 1.29 is 8.42 Å². The third kappa shape index (κ3) is 2.80. The molecule has 4 nitrogen and oxygen atoms in total. The highest BCUT2D eigenvalue weighted by Crippen LogP contribution is 2.29. The quantitative estimate of drug-likeness (QED) is 0.943. The van der Waals surface area contributed by atoms with Crippen LogP contribution in [0, 0.1) is 0 Å². The number of nitrogen functional groups attached to an aromatic ring is 1. The van der Waals surface area contributed by atoms with Crippen LogP contribution in [-0.4, -0.2) is 19.8 Å². The lowest BCUT2D eigenvalue weighted by Gasteiger charge is -2.23. The van der Waals surface area contributed by atoms with Crippen LogP contribution >= 0.6 is 11.3 Å². The molecule has 1 heterocycles. The molecule has 0 amide bonds. The van der Waals surface area contributed by atoms with Crippen LogP contribution in [0.2, 0.25) is 0 Å². The molecular weight excluding hydrogens is 280 g/mol. The lowest BCUT2D eigenvalue weighted by Crippen LogP contribution is -2.29. The van der Waals surface area contributed by atoms with E-state index >= 15 is 0 Å². The Balaban J connectivity index is 2.31. The second-order valence-electron chi connectivity index (χ2n) is 4.31. The lowest BCUT2D eigenvalue weighted by molar-refractivity contribution is 0.399. The van der Waals surface area contributed by atoms with Crippen LogP contribution < -0.4 is 5.73 Å². The summed E-state index contributed by atoms with van der Waals surface area (Å²) in [5, 5.41) is 1.63. The Bertz CT molecular complexity index is 650. The van der Waals surface area contributed by atoms with E-state index in [0.717, 1.165) is 16.9 Å². The molecule has 0 aliphatic carbocycles. The highest BCUT2D eigenvalue weighted by Gasteiger charge is 2.27. The Morgan fingerprint density at radius 1 is 1.26 bits per heavy atom. The van der Waals surface area contributed by atoms with Crippen molar-refractivity contribution >= 4 is 27.0 Å². The number of benzene rings is 1.